The van der Waals surface area contributed by atoms with Gasteiger partial charge >= 0.3 is 0 Å². The third-order valence-electron chi connectivity index (χ3n) is 2.55. The van der Waals surface area contributed by atoms with Crippen molar-refractivity contribution in [3.05, 3.63) is 27.6 Å². The van der Waals surface area contributed by atoms with E-state index in [1.165, 1.54) is 11.5 Å². The van der Waals surface area contributed by atoms with E-state index in [0.29, 0.717) is 23.1 Å². The molecule has 0 spiro atoms. The molecule has 3 heterocycles. The summed E-state index contributed by atoms with van der Waals surface area (Å²) in [6, 6.07) is 0. The number of aromatic nitrogens is 4. The Hall–Kier alpha value is -1.80. The molecule has 19 heavy (non-hydrogen) atoms. The number of hydrogen-bond donors (Lipinski definition) is 1. The average Bonchev–Trinajstić information content (AvgIpc) is 3.04. The summed E-state index contributed by atoms with van der Waals surface area (Å²) in [6.07, 6.45) is 0.568. The van der Waals surface area contributed by atoms with Crippen molar-refractivity contribution in [3.63, 3.8) is 0 Å². The van der Waals surface area contributed by atoms with Crippen molar-refractivity contribution in [2.45, 2.75) is 20.3 Å². The minimum absolute atomic E-state index is 0.423. The number of anilines is 1. The number of aryl methyl sites for hydroxylation is 2. The predicted octanol–water partition coefficient (Wildman–Crippen LogP) is 2.44. The average molecular weight is 293 g/mol. The Kier molecular flexibility index (Phi) is 3.03. The zero-order valence-electron chi connectivity index (χ0n) is 10.4. The van der Waals surface area contributed by atoms with Crippen LogP contribution >= 0.6 is 22.9 Å². The molecule has 0 radical (unpaired) electrons. The molecule has 0 aliphatic heterocycles. The van der Waals surface area contributed by atoms with Crippen molar-refractivity contribution in [1.82, 2.24) is 19.5 Å². The number of nitrogens with zero attached hydrogens (tertiary/aromatic N) is 4. The standard InChI is InChI=1S/C11H11N5OS2/c1-5-4-18-8(13-5)3-7-14-11(17-15-7)9-6(2)16-19-10(9)12/h4H,3,12H2,1-2H3. The smallest absolute Gasteiger partial charge is 0.262 e. The summed E-state index contributed by atoms with van der Waals surface area (Å²) in [5, 5.41) is 7.53. The summed E-state index contributed by atoms with van der Waals surface area (Å²) < 4.78 is 9.42. The lowest BCUT2D eigenvalue weighted by Gasteiger charge is -1.91. The molecule has 98 valence electrons. The van der Waals surface area contributed by atoms with Gasteiger partial charge < -0.3 is 10.3 Å². The fourth-order valence-corrected chi connectivity index (χ4v) is 3.12. The summed E-state index contributed by atoms with van der Waals surface area (Å²) in [7, 11) is 0. The first-order chi connectivity index (χ1) is 9.13. The summed E-state index contributed by atoms with van der Waals surface area (Å²) >= 11 is 2.82. The van der Waals surface area contributed by atoms with E-state index < -0.39 is 0 Å². The van der Waals surface area contributed by atoms with E-state index in [1.807, 2.05) is 19.2 Å². The van der Waals surface area contributed by atoms with Gasteiger partial charge in [0, 0.05) is 11.1 Å². The van der Waals surface area contributed by atoms with Gasteiger partial charge in [-0.05, 0) is 25.4 Å². The van der Waals surface area contributed by atoms with E-state index in [-0.39, 0.29) is 0 Å². The van der Waals surface area contributed by atoms with Gasteiger partial charge in [0.15, 0.2) is 5.82 Å². The molecule has 3 aromatic rings. The first kappa shape index (κ1) is 12.2. The zero-order chi connectivity index (χ0) is 13.4. The molecular formula is C11H11N5OS2. The van der Waals surface area contributed by atoms with Gasteiger partial charge in [-0.15, -0.1) is 11.3 Å². The predicted molar refractivity (Wildman–Crippen MR) is 74.2 cm³/mol. The Morgan fingerprint density at radius 2 is 2.16 bits per heavy atom. The minimum Gasteiger partial charge on any atom is -0.389 e. The minimum atomic E-state index is 0.423. The largest absolute Gasteiger partial charge is 0.389 e. The van der Waals surface area contributed by atoms with Crippen LogP contribution in [0.3, 0.4) is 0 Å². The fraction of sp³-hybridized carbons (Fsp3) is 0.273. The molecule has 0 aliphatic carbocycles. The summed E-state index contributed by atoms with van der Waals surface area (Å²) in [6.45, 7) is 3.83. The second-order valence-electron chi connectivity index (χ2n) is 4.08. The normalized spacial score (nSPS) is 11.1. The Morgan fingerprint density at radius 3 is 2.79 bits per heavy atom. The SMILES string of the molecule is Cc1csc(Cc2noc(-c3c(C)nsc3N)n2)n1. The van der Waals surface area contributed by atoms with E-state index in [1.54, 1.807) is 11.3 Å². The van der Waals surface area contributed by atoms with Crippen molar-refractivity contribution in [1.29, 1.82) is 0 Å². The van der Waals surface area contributed by atoms with Crippen molar-refractivity contribution >= 4 is 27.9 Å². The van der Waals surface area contributed by atoms with Crippen molar-refractivity contribution in [2.75, 3.05) is 5.73 Å². The van der Waals surface area contributed by atoms with Crippen LogP contribution in [0.5, 0.6) is 0 Å². The molecule has 0 aliphatic rings. The second-order valence-corrected chi connectivity index (χ2v) is 5.83. The molecule has 0 bridgehead atoms. The lowest BCUT2D eigenvalue weighted by Crippen LogP contribution is -1.91. The molecule has 0 amide bonds. The van der Waals surface area contributed by atoms with Gasteiger partial charge in [-0.2, -0.15) is 9.36 Å². The first-order valence-electron chi connectivity index (χ1n) is 5.59. The molecular weight excluding hydrogens is 282 g/mol. The molecule has 8 heteroatoms. The molecule has 0 unspecified atom stereocenters. The van der Waals surface area contributed by atoms with Gasteiger partial charge in [0.2, 0.25) is 0 Å². The van der Waals surface area contributed by atoms with Crippen LogP contribution in [0.1, 0.15) is 22.2 Å². The van der Waals surface area contributed by atoms with Crippen LogP contribution in [0.15, 0.2) is 9.90 Å². The van der Waals surface area contributed by atoms with Crippen molar-refractivity contribution < 1.29 is 4.52 Å². The number of rotatable bonds is 3. The van der Waals surface area contributed by atoms with Gasteiger partial charge in [0.05, 0.1) is 17.7 Å². The van der Waals surface area contributed by atoms with E-state index >= 15 is 0 Å². The van der Waals surface area contributed by atoms with E-state index in [0.717, 1.165) is 22.0 Å². The van der Waals surface area contributed by atoms with Crippen LogP contribution in [0.4, 0.5) is 5.00 Å². The molecule has 0 aromatic carbocycles. The maximum Gasteiger partial charge on any atom is 0.262 e. The highest BCUT2D eigenvalue weighted by atomic mass is 32.1. The lowest BCUT2D eigenvalue weighted by atomic mass is 10.2. The highest BCUT2D eigenvalue weighted by molar-refractivity contribution is 7.10. The maximum atomic E-state index is 5.86. The summed E-state index contributed by atoms with van der Waals surface area (Å²) in [5.74, 6) is 1.03. The molecule has 3 aromatic heterocycles. The highest BCUT2D eigenvalue weighted by Crippen LogP contribution is 2.31. The van der Waals surface area contributed by atoms with Gasteiger partial charge in [-0.3, -0.25) is 0 Å². The van der Waals surface area contributed by atoms with Crippen LogP contribution in [-0.4, -0.2) is 19.5 Å². The molecule has 0 saturated carbocycles. The Labute approximate surface area is 117 Å². The summed E-state index contributed by atoms with van der Waals surface area (Å²) in [4.78, 5) is 8.73. The van der Waals surface area contributed by atoms with E-state index in [9.17, 15) is 0 Å². The molecule has 2 N–H and O–H groups in total. The van der Waals surface area contributed by atoms with Crippen molar-refractivity contribution in [3.8, 4) is 11.5 Å². The number of nitrogens with two attached hydrogens (primary N) is 1. The van der Waals surface area contributed by atoms with Crippen LogP contribution in [0.2, 0.25) is 0 Å². The molecule has 6 nitrogen and oxygen atoms in total. The van der Waals surface area contributed by atoms with Crippen LogP contribution in [0.25, 0.3) is 11.5 Å². The van der Waals surface area contributed by atoms with Crippen LogP contribution < -0.4 is 5.73 Å². The quantitative estimate of drug-likeness (QED) is 0.797. The highest BCUT2D eigenvalue weighted by Gasteiger charge is 2.17. The van der Waals surface area contributed by atoms with Crippen molar-refractivity contribution in [2.24, 2.45) is 0 Å². The lowest BCUT2D eigenvalue weighted by molar-refractivity contribution is 0.424. The Balaban J connectivity index is 1.87. The molecule has 0 atom stereocenters. The number of nitrogen functional groups attached to an aromatic ring is 1. The number of hydrogen-bond acceptors (Lipinski definition) is 8. The second kappa shape index (κ2) is 4.71. The zero-order valence-corrected chi connectivity index (χ0v) is 12.0. The first-order valence-corrected chi connectivity index (χ1v) is 7.24. The Morgan fingerprint density at radius 1 is 1.32 bits per heavy atom. The van der Waals surface area contributed by atoms with Crippen LogP contribution in [0, 0.1) is 13.8 Å². The summed E-state index contributed by atoms with van der Waals surface area (Å²) in [5.41, 5.74) is 8.41. The van der Waals surface area contributed by atoms with E-state index in [4.69, 9.17) is 10.3 Å². The third-order valence-corrected chi connectivity index (χ3v) is 4.28. The third kappa shape index (κ3) is 2.36. The molecule has 0 fully saturated rings. The van der Waals surface area contributed by atoms with Gasteiger partial charge in [0.1, 0.15) is 10.0 Å². The maximum absolute atomic E-state index is 5.86. The van der Waals surface area contributed by atoms with E-state index in [2.05, 4.69) is 19.5 Å². The topological polar surface area (TPSA) is 90.7 Å². The Bertz CT molecular complexity index is 695. The monoisotopic (exact) mass is 293 g/mol. The fourth-order valence-electron chi connectivity index (χ4n) is 1.69. The van der Waals surface area contributed by atoms with Gasteiger partial charge in [-0.25, -0.2) is 4.98 Å². The van der Waals surface area contributed by atoms with Gasteiger partial charge in [-0.1, -0.05) is 5.16 Å². The van der Waals surface area contributed by atoms with Crippen LogP contribution in [-0.2, 0) is 6.42 Å². The number of thiazole rings is 1. The molecule has 0 saturated heterocycles. The molecule has 3 rings (SSSR count). The van der Waals surface area contributed by atoms with Gasteiger partial charge in [0.25, 0.3) is 5.89 Å².